The van der Waals surface area contributed by atoms with Gasteiger partial charge in [0.1, 0.15) is 0 Å². The van der Waals surface area contributed by atoms with Crippen molar-refractivity contribution in [2.45, 2.75) is 27.2 Å². The van der Waals surface area contributed by atoms with Crippen LogP contribution in [0.4, 0.5) is 5.69 Å². The Morgan fingerprint density at radius 3 is 2.72 bits per heavy atom. The summed E-state index contributed by atoms with van der Waals surface area (Å²) in [5.74, 6) is 0.346. The SMILES string of the molecule is CCCN=C(N)NC(=S)Nc1ccc(C)cc1C. The zero-order valence-electron chi connectivity index (χ0n) is 11.1. The predicted molar refractivity (Wildman–Crippen MR) is 82.1 cm³/mol. The summed E-state index contributed by atoms with van der Waals surface area (Å²) in [6, 6.07) is 6.13. The van der Waals surface area contributed by atoms with Crippen LogP contribution in [0.15, 0.2) is 23.2 Å². The Balaban J connectivity index is 2.59. The van der Waals surface area contributed by atoms with E-state index in [1.807, 2.05) is 26.0 Å². The number of rotatable bonds is 3. The van der Waals surface area contributed by atoms with Gasteiger partial charge in [-0.15, -0.1) is 0 Å². The summed E-state index contributed by atoms with van der Waals surface area (Å²) < 4.78 is 0. The average Bonchev–Trinajstić information content (AvgIpc) is 2.30. The van der Waals surface area contributed by atoms with E-state index < -0.39 is 0 Å². The van der Waals surface area contributed by atoms with Crippen LogP contribution in [0.3, 0.4) is 0 Å². The molecule has 18 heavy (non-hydrogen) atoms. The maximum absolute atomic E-state index is 5.69. The van der Waals surface area contributed by atoms with Gasteiger partial charge in [-0.05, 0) is 44.1 Å². The second kappa shape index (κ2) is 6.96. The molecule has 0 unspecified atom stereocenters. The smallest absolute Gasteiger partial charge is 0.194 e. The number of aryl methyl sites for hydroxylation is 2. The molecule has 0 saturated heterocycles. The zero-order valence-corrected chi connectivity index (χ0v) is 11.9. The fraction of sp³-hybridized carbons (Fsp3) is 0.385. The Hall–Kier alpha value is -1.62. The number of thiocarbonyl (C=S) groups is 1. The summed E-state index contributed by atoms with van der Waals surface area (Å²) >= 11 is 5.17. The largest absolute Gasteiger partial charge is 0.370 e. The second-order valence-corrected chi connectivity index (χ2v) is 4.57. The minimum Gasteiger partial charge on any atom is -0.370 e. The molecular weight excluding hydrogens is 244 g/mol. The van der Waals surface area contributed by atoms with Gasteiger partial charge in [0.05, 0.1) is 0 Å². The molecule has 0 saturated carbocycles. The first-order valence-electron chi connectivity index (χ1n) is 5.98. The molecule has 98 valence electrons. The number of guanidine groups is 1. The normalized spacial score (nSPS) is 11.2. The minimum absolute atomic E-state index is 0.346. The molecule has 4 N–H and O–H groups in total. The van der Waals surface area contributed by atoms with Gasteiger partial charge in [0, 0.05) is 12.2 Å². The van der Waals surface area contributed by atoms with E-state index >= 15 is 0 Å². The highest BCUT2D eigenvalue weighted by molar-refractivity contribution is 7.80. The van der Waals surface area contributed by atoms with Crippen LogP contribution in [0.1, 0.15) is 24.5 Å². The van der Waals surface area contributed by atoms with Crippen LogP contribution in [-0.4, -0.2) is 17.6 Å². The monoisotopic (exact) mass is 264 g/mol. The summed E-state index contributed by atoms with van der Waals surface area (Å²) in [6.07, 6.45) is 0.958. The molecule has 0 spiro atoms. The standard InChI is InChI=1S/C13H20N4S/c1-4-7-15-12(14)17-13(18)16-11-6-5-9(2)8-10(11)3/h5-6,8H,4,7H2,1-3H3,(H4,14,15,16,17,18). The summed E-state index contributed by atoms with van der Waals surface area (Å²) in [4.78, 5) is 4.12. The van der Waals surface area contributed by atoms with Crippen molar-refractivity contribution in [2.75, 3.05) is 11.9 Å². The third-order valence-corrected chi connectivity index (χ3v) is 2.58. The fourth-order valence-electron chi connectivity index (χ4n) is 1.50. The van der Waals surface area contributed by atoms with Gasteiger partial charge in [-0.1, -0.05) is 24.6 Å². The van der Waals surface area contributed by atoms with E-state index in [4.69, 9.17) is 18.0 Å². The van der Waals surface area contributed by atoms with E-state index in [1.165, 1.54) is 5.56 Å². The maximum atomic E-state index is 5.69. The summed E-state index contributed by atoms with van der Waals surface area (Å²) in [6.45, 7) is 6.84. The quantitative estimate of drug-likeness (QED) is 0.445. The molecule has 0 aromatic heterocycles. The maximum Gasteiger partial charge on any atom is 0.194 e. The first-order chi connectivity index (χ1) is 8.52. The molecule has 0 aliphatic heterocycles. The number of nitrogens with one attached hydrogen (secondary N) is 2. The second-order valence-electron chi connectivity index (χ2n) is 4.16. The van der Waals surface area contributed by atoms with Crippen LogP contribution >= 0.6 is 12.2 Å². The number of nitrogens with zero attached hydrogens (tertiary/aromatic N) is 1. The van der Waals surface area contributed by atoms with Crippen LogP contribution in [0.2, 0.25) is 0 Å². The molecular formula is C13H20N4S. The third kappa shape index (κ3) is 4.71. The van der Waals surface area contributed by atoms with Crippen molar-refractivity contribution in [3.63, 3.8) is 0 Å². The highest BCUT2D eigenvalue weighted by atomic mass is 32.1. The highest BCUT2D eigenvalue weighted by Crippen LogP contribution is 2.15. The van der Waals surface area contributed by atoms with Crippen molar-refractivity contribution in [3.05, 3.63) is 29.3 Å². The van der Waals surface area contributed by atoms with Crippen molar-refractivity contribution in [2.24, 2.45) is 10.7 Å². The highest BCUT2D eigenvalue weighted by Gasteiger charge is 2.02. The van der Waals surface area contributed by atoms with Crippen molar-refractivity contribution >= 4 is 29.0 Å². The molecule has 0 aliphatic rings. The Kier molecular flexibility index (Phi) is 5.58. The van der Waals surface area contributed by atoms with Gasteiger partial charge in [-0.2, -0.15) is 0 Å². The molecule has 1 aromatic carbocycles. The van der Waals surface area contributed by atoms with Gasteiger partial charge in [-0.25, -0.2) is 0 Å². The summed E-state index contributed by atoms with van der Waals surface area (Å²) in [7, 11) is 0. The molecule has 4 nitrogen and oxygen atoms in total. The lowest BCUT2D eigenvalue weighted by molar-refractivity contribution is 0.923. The lowest BCUT2D eigenvalue weighted by atomic mass is 10.1. The zero-order chi connectivity index (χ0) is 13.5. The van der Waals surface area contributed by atoms with Crippen LogP contribution in [-0.2, 0) is 0 Å². The topological polar surface area (TPSA) is 62.4 Å². The lowest BCUT2D eigenvalue weighted by Crippen LogP contribution is -2.39. The fourth-order valence-corrected chi connectivity index (χ4v) is 1.71. The Morgan fingerprint density at radius 2 is 2.11 bits per heavy atom. The van der Waals surface area contributed by atoms with E-state index in [0.29, 0.717) is 17.6 Å². The van der Waals surface area contributed by atoms with Gasteiger partial charge in [0.2, 0.25) is 0 Å². The van der Waals surface area contributed by atoms with E-state index in [0.717, 1.165) is 17.7 Å². The summed E-state index contributed by atoms with van der Waals surface area (Å²) in [5, 5.41) is 6.42. The van der Waals surface area contributed by atoms with E-state index in [9.17, 15) is 0 Å². The van der Waals surface area contributed by atoms with Gasteiger partial charge in [-0.3, -0.25) is 4.99 Å². The molecule has 1 aromatic rings. The van der Waals surface area contributed by atoms with Gasteiger partial charge in [0.25, 0.3) is 0 Å². The molecule has 0 radical (unpaired) electrons. The van der Waals surface area contributed by atoms with Crippen molar-refractivity contribution in [1.29, 1.82) is 0 Å². The van der Waals surface area contributed by atoms with Gasteiger partial charge < -0.3 is 16.4 Å². The molecule has 0 heterocycles. The first kappa shape index (κ1) is 14.4. The van der Waals surface area contributed by atoms with Crippen LogP contribution in [0.25, 0.3) is 0 Å². The minimum atomic E-state index is 0.346. The number of anilines is 1. The molecule has 0 bridgehead atoms. The van der Waals surface area contributed by atoms with Gasteiger partial charge in [0.15, 0.2) is 11.1 Å². The number of hydrogen-bond acceptors (Lipinski definition) is 2. The Bertz CT molecular complexity index is 454. The van der Waals surface area contributed by atoms with Crippen molar-refractivity contribution < 1.29 is 0 Å². The summed E-state index contributed by atoms with van der Waals surface area (Å²) in [5.41, 5.74) is 9.03. The van der Waals surface area contributed by atoms with Crippen molar-refractivity contribution in [1.82, 2.24) is 5.32 Å². The number of hydrogen-bond donors (Lipinski definition) is 3. The number of benzene rings is 1. The van der Waals surface area contributed by atoms with Crippen LogP contribution in [0.5, 0.6) is 0 Å². The van der Waals surface area contributed by atoms with E-state index in [1.54, 1.807) is 0 Å². The molecule has 0 fully saturated rings. The Morgan fingerprint density at radius 1 is 1.39 bits per heavy atom. The number of aliphatic imine (C=N–C) groups is 1. The lowest BCUT2D eigenvalue weighted by Gasteiger charge is -2.12. The van der Waals surface area contributed by atoms with Gasteiger partial charge >= 0.3 is 0 Å². The van der Waals surface area contributed by atoms with E-state index in [-0.39, 0.29) is 0 Å². The third-order valence-electron chi connectivity index (χ3n) is 2.38. The average molecular weight is 264 g/mol. The molecule has 0 amide bonds. The molecule has 5 heteroatoms. The number of nitrogens with two attached hydrogens (primary N) is 1. The van der Waals surface area contributed by atoms with Crippen LogP contribution < -0.4 is 16.4 Å². The predicted octanol–water partition coefficient (Wildman–Crippen LogP) is 2.31. The van der Waals surface area contributed by atoms with Crippen molar-refractivity contribution in [3.8, 4) is 0 Å². The first-order valence-corrected chi connectivity index (χ1v) is 6.39. The molecule has 0 aliphatic carbocycles. The van der Waals surface area contributed by atoms with E-state index in [2.05, 4.69) is 28.6 Å². The molecule has 1 rings (SSSR count). The van der Waals surface area contributed by atoms with Crippen LogP contribution in [0, 0.1) is 13.8 Å². The Labute approximate surface area is 114 Å². The molecule has 0 atom stereocenters.